The van der Waals surface area contributed by atoms with Crippen LogP contribution < -0.4 is 5.73 Å². The Kier molecular flexibility index (Phi) is 17.3. The lowest BCUT2D eigenvalue weighted by Crippen LogP contribution is -2.30. The van der Waals surface area contributed by atoms with Gasteiger partial charge in [0.1, 0.15) is 0 Å². The van der Waals surface area contributed by atoms with Crippen LogP contribution in [0.5, 0.6) is 0 Å². The number of aliphatic imine (C=N–C) groups is 1. The van der Waals surface area contributed by atoms with E-state index < -0.39 is 19.7 Å². The molecule has 2 atom stereocenters. The van der Waals surface area contributed by atoms with E-state index in [1.165, 1.54) is 22.3 Å². The van der Waals surface area contributed by atoms with Crippen LogP contribution >= 0.6 is 0 Å². The van der Waals surface area contributed by atoms with Gasteiger partial charge in [-0.2, -0.15) is 0 Å². The van der Waals surface area contributed by atoms with E-state index in [1.54, 1.807) is 74.9 Å². The highest BCUT2D eigenvalue weighted by Gasteiger charge is 2.26. The molecule has 6 rings (SSSR count). The summed E-state index contributed by atoms with van der Waals surface area (Å²) in [6.07, 6.45) is 10.0. The van der Waals surface area contributed by atoms with Gasteiger partial charge in [-0.15, -0.1) is 0 Å². The van der Waals surface area contributed by atoms with Gasteiger partial charge in [-0.3, -0.25) is 9.89 Å². The average Bonchev–Trinajstić information content (AvgIpc) is 3.21. The third-order valence-corrected chi connectivity index (χ3v) is 13.6. The molecule has 0 heterocycles. The summed E-state index contributed by atoms with van der Waals surface area (Å²) in [5, 5.41) is 0. The van der Waals surface area contributed by atoms with Gasteiger partial charge in [0.25, 0.3) is 0 Å². The largest absolute Gasteiger partial charge is 0.369 e. The summed E-state index contributed by atoms with van der Waals surface area (Å²) in [7, 11) is 3.99. The van der Waals surface area contributed by atoms with Gasteiger partial charge < -0.3 is 20.1 Å². The molecule has 56 heavy (non-hydrogen) atoms. The molecule has 4 aromatic carbocycles. The highest BCUT2D eigenvalue weighted by molar-refractivity contribution is 7.91. The van der Waals surface area contributed by atoms with Crippen LogP contribution in [-0.4, -0.2) is 94.9 Å². The number of ether oxygens (including phenoxy) is 2. The molecular formula is C44H60N4O6S2. The maximum absolute atomic E-state index is 12.9. The standard InChI is InChI=1S/C21H26N2O2S.C18H21NO2S.C5H13NO2/c1-23(2)16-22-14-13-18-8-6-7-17-11-12-20(15-21(17)18)26(24,25)19-9-4-3-5-10-19;19-12-11-15-6-4-5-14-9-10-17(13-18(14)15)22(20,21)16-7-2-1-3-8-16;1-6(2)5(7-3)8-4/h3-5,9-12,15-16,18H,6-8,13-14H2,1-2H3;1-3,7-10,13,15H,4-6,11-12,19H2;5H,1-4H3. The Morgan fingerprint density at radius 2 is 1.12 bits per heavy atom. The van der Waals surface area contributed by atoms with Crippen LogP contribution in [0.1, 0.15) is 72.6 Å². The van der Waals surface area contributed by atoms with Crippen molar-refractivity contribution in [2.75, 3.05) is 55.5 Å². The van der Waals surface area contributed by atoms with Crippen molar-refractivity contribution in [3.05, 3.63) is 119 Å². The molecule has 0 spiro atoms. The van der Waals surface area contributed by atoms with Crippen molar-refractivity contribution < 1.29 is 26.3 Å². The molecule has 0 radical (unpaired) electrons. The maximum Gasteiger partial charge on any atom is 0.217 e. The number of nitrogens with two attached hydrogens (primary N) is 1. The summed E-state index contributed by atoms with van der Waals surface area (Å²) in [5.41, 5.74) is 10.6. The number of nitrogens with zero attached hydrogens (tertiary/aromatic N) is 3. The molecule has 0 amide bonds. The smallest absolute Gasteiger partial charge is 0.217 e. The Hall–Kier alpha value is -3.91. The molecule has 2 N–H and O–H groups in total. The molecule has 10 nitrogen and oxygen atoms in total. The molecule has 0 aromatic heterocycles. The minimum absolute atomic E-state index is 0.213. The van der Waals surface area contributed by atoms with E-state index in [4.69, 9.17) is 15.2 Å². The Labute approximate surface area is 335 Å². The van der Waals surface area contributed by atoms with Crippen LogP contribution in [0.3, 0.4) is 0 Å². The third kappa shape index (κ3) is 12.0. The SMILES string of the molecule is CN(C)C=NCCC1CCCc2ccc(S(=O)(=O)c3ccccc3)cc21.COC(OC)N(C)C.NCCC1CCCc2ccc(S(=O)(=O)c3ccccc3)cc21. The summed E-state index contributed by atoms with van der Waals surface area (Å²) < 4.78 is 61.1. The third-order valence-electron chi connectivity index (χ3n) is 10.1. The number of aryl methyl sites for hydroxylation is 2. The predicted molar refractivity (Wildman–Crippen MR) is 225 cm³/mol. The quantitative estimate of drug-likeness (QED) is 0.0839. The van der Waals surface area contributed by atoms with E-state index in [2.05, 4.69) is 4.99 Å². The number of hydrogen-bond acceptors (Lipinski definition) is 9. The molecule has 2 unspecified atom stereocenters. The molecule has 12 heteroatoms. The van der Waals surface area contributed by atoms with Gasteiger partial charge in [0, 0.05) is 34.9 Å². The molecule has 304 valence electrons. The Bertz CT molecular complexity index is 2050. The van der Waals surface area contributed by atoms with E-state index >= 15 is 0 Å². The topological polar surface area (TPSA) is 132 Å². The minimum Gasteiger partial charge on any atom is -0.369 e. The molecule has 0 fully saturated rings. The summed E-state index contributed by atoms with van der Waals surface area (Å²) >= 11 is 0. The fourth-order valence-electron chi connectivity index (χ4n) is 7.33. The van der Waals surface area contributed by atoms with Gasteiger partial charge in [0.15, 0.2) is 0 Å². The fraction of sp³-hybridized carbons (Fsp3) is 0.432. The second kappa shape index (κ2) is 21.6. The molecule has 0 saturated carbocycles. The highest BCUT2D eigenvalue weighted by atomic mass is 32.2. The van der Waals surface area contributed by atoms with E-state index in [9.17, 15) is 16.8 Å². The lowest BCUT2D eigenvalue weighted by Gasteiger charge is -2.26. The number of hydrogen-bond donors (Lipinski definition) is 1. The fourth-order valence-corrected chi connectivity index (χ4v) is 9.96. The second-order valence-corrected chi connectivity index (χ2v) is 18.5. The van der Waals surface area contributed by atoms with Gasteiger partial charge in [-0.05, 0) is 155 Å². The van der Waals surface area contributed by atoms with Crippen molar-refractivity contribution in [3.63, 3.8) is 0 Å². The zero-order chi connectivity index (χ0) is 40.7. The lowest BCUT2D eigenvalue weighted by molar-refractivity contribution is -0.179. The highest BCUT2D eigenvalue weighted by Crippen LogP contribution is 2.37. The van der Waals surface area contributed by atoms with Gasteiger partial charge in [-0.25, -0.2) is 16.8 Å². The minimum atomic E-state index is -3.47. The molecule has 0 saturated heterocycles. The summed E-state index contributed by atoms with van der Waals surface area (Å²) in [5.74, 6) is 0.767. The number of benzene rings is 4. The van der Waals surface area contributed by atoms with Crippen LogP contribution in [0.4, 0.5) is 0 Å². The summed E-state index contributed by atoms with van der Waals surface area (Å²) in [6.45, 7) is 1.40. The zero-order valence-corrected chi connectivity index (χ0v) is 35.4. The van der Waals surface area contributed by atoms with Crippen molar-refractivity contribution in [1.82, 2.24) is 9.80 Å². The van der Waals surface area contributed by atoms with Crippen molar-refractivity contribution in [3.8, 4) is 0 Å². The van der Waals surface area contributed by atoms with Crippen LogP contribution in [0, 0.1) is 0 Å². The first-order valence-corrected chi connectivity index (χ1v) is 22.2. The number of methoxy groups -OCH3 is 2. The van der Waals surface area contributed by atoms with Crippen LogP contribution in [0.15, 0.2) is 122 Å². The first kappa shape index (κ1) is 44.8. The molecule has 2 aliphatic rings. The van der Waals surface area contributed by atoms with E-state index in [0.29, 0.717) is 38.0 Å². The normalized spacial score (nSPS) is 16.7. The van der Waals surface area contributed by atoms with Gasteiger partial charge in [0.05, 0.1) is 25.9 Å². The van der Waals surface area contributed by atoms with E-state index in [1.807, 2.05) is 80.7 Å². The summed E-state index contributed by atoms with van der Waals surface area (Å²) in [4.78, 5) is 9.69. The molecule has 4 aromatic rings. The van der Waals surface area contributed by atoms with Crippen molar-refractivity contribution in [2.24, 2.45) is 10.7 Å². The molecule has 0 aliphatic heterocycles. The molecule has 0 bridgehead atoms. The molecule has 2 aliphatic carbocycles. The van der Waals surface area contributed by atoms with Crippen LogP contribution in [0.25, 0.3) is 0 Å². The van der Waals surface area contributed by atoms with Gasteiger partial charge >= 0.3 is 0 Å². The van der Waals surface area contributed by atoms with Crippen molar-refractivity contribution in [2.45, 2.75) is 89.2 Å². The lowest BCUT2D eigenvalue weighted by atomic mass is 9.81. The number of fused-ring (bicyclic) bond motifs is 2. The van der Waals surface area contributed by atoms with Crippen LogP contribution in [-0.2, 0) is 42.0 Å². The Balaban J connectivity index is 0.000000211. The first-order chi connectivity index (χ1) is 26.8. The summed E-state index contributed by atoms with van der Waals surface area (Å²) in [6, 6.07) is 28.5. The maximum atomic E-state index is 12.9. The van der Waals surface area contributed by atoms with Crippen LogP contribution in [0.2, 0.25) is 0 Å². The monoisotopic (exact) mass is 804 g/mol. The number of sulfone groups is 2. The van der Waals surface area contributed by atoms with E-state index in [-0.39, 0.29) is 6.41 Å². The molecular weight excluding hydrogens is 745 g/mol. The second-order valence-electron chi connectivity index (χ2n) is 14.6. The predicted octanol–water partition coefficient (Wildman–Crippen LogP) is 7.33. The number of rotatable bonds is 13. The van der Waals surface area contributed by atoms with Crippen molar-refractivity contribution in [1.29, 1.82) is 0 Å². The van der Waals surface area contributed by atoms with Gasteiger partial charge in [-0.1, -0.05) is 48.5 Å². The van der Waals surface area contributed by atoms with Gasteiger partial charge in [0.2, 0.25) is 26.1 Å². The first-order valence-electron chi connectivity index (χ1n) is 19.3. The van der Waals surface area contributed by atoms with Crippen molar-refractivity contribution >= 4 is 26.0 Å². The zero-order valence-electron chi connectivity index (χ0n) is 33.8. The average molecular weight is 805 g/mol. The van der Waals surface area contributed by atoms with E-state index in [0.717, 1.165) is 57.9 Å². The Morgan fingerprint density at radius 1 is 0.679 bits per heavy atom. The Morgan fingerprint density at radius 3 is 1.50 bits per heavy atom.